The van der Waals surface area contributed by atoms with Gasteiger partial charge >= 0.3 is 0 Å². The molecule has 1 heterocycles. The van der Waals surface area contributed by atoms with Crippen molar-refractivity contribution in [1.82, 2.24) is 4.90 Å². The number of aliphatic hydroxyl groups is 2. The maximum absolute atomic E-state index is 12.7. The summed E-state index contributed by atoms with van der Waals surface area (Å²) in [5, 5.41) is 15.2. The molecule has 0 spiro atoms. The highest BCUT2D eigenvalue weighted by molar-refractivity contribution is 7.99. The molecule has 5 heteroatoms. The Labute approximate surface area is 179 Å². The molecule has 2 unspecified atom stereocenters. The number of nitrogens with zero attached hydrogens (tertiary/aromatic N) is 1. The normalized spacial score (nSPS) is 17.9. The lowest BCUT2D eigenvalue weighted by atomic mass is 9.95. The summed E-state index contributed by atoms with van der Waals surface area (Å²) in [5.74, 6) is 3.02. The molecule has 0 amide bonds. The first-order valence-electron chi connectivity index (χ1n) is 10.3. The van der Waals surface area contributed by atoms with E-state index in [4.69, 9.17) is 10.2 Å². The number of hydrogen-bond acceptors (Lipinski definition) is 5. The van der Waals surface area contributed by atoms with Gasteiger partial charge in [-0.05, 0) is 24.0 Å². The SMILES string of the molecule is CCC1CSCCN1CC(C)c1cccc(C(=O)c2ccccc2)c1.OCCO. The van der Waals surface area contributed by atoms with Crippen LogP contribution in [0.15, 0.2) is 54.6 Å². The van der Waals surface area contributed by atoms with E-state index in [0.29, 0.717) is 12.0 Å². The second kappa shape index (κ2) is 12.8. The minimum atomic E-state index is -0.125. The number of ketones is 1. The van der Waals surface area contributed by atoms with Crippen molar-refractivity contribution in [2.75, 3.05) is 37.8 Å². The van der Waals surface area contributed by atoms with Crippen molar-refractivity contribution < 1.29 is 15.0 Å². The Morgan fingerprint density at radius 2 is 1.79 bits per heavy atom. The molecule has 158 valence electrons. The van der Waals surface area contributed by atoms with Crippen LogP contribution in [0.4, 0.5) is 0 Å². The van der Waals surface area contributed by atoms with E-state index in [2.05, 4.69) is 42.6 Å². The molecule has 2 aromatic carbocycles. The third kappa shape index (κ3) is 7.27. The number of thioether (sulfide) groups is 1. The Balaban J connectivity index is 0.000000687. The molecule has 0 bridgehead atoms. The van der Waals surface area contributed by atoms with Gasteiger partial charge in [0.15, 0.2) is 5.78 Å². The van der Waals surface area contributed by atoms with Crippen LogP contribution in [-0.4, -0.2) is 64.7 Å². The van der Waals surface area contributed by atoms with Gasteiger partial charge < -0.3 is 10.2 Å². The van der Waals surface area contributed by atoms with Crippen LogP contribution < -0.4 is 0 Å². The van der Waals surface area contributed by atoms with E-state index in [-0.39, 0.29) is 19.0 Å². The Hall–Kier alpha value is -1.66. The lowest BCUT2D eigenvalue weighted by Crippen LogP contribution is -2.43. The van der Waals surface area contributed by atoms with Crippen molar-refractivity contribution in [3.05, 3.63) is 71.3 Å². The maximum atomic E-state index is 12.7. The average Bonchev–Trinajstić information content (AvgIpc) is 2.79. The number of carbonyl (C=O) groups is 1. The summed E-state index contributed by atoms with van der Waals surface area (Å²) in [6.07, 6.45) is 1.21. The zero-order chi connectivity index (χ0) is 21.1. The molecule has 29 heavy (non-hydrogen) atoms. The second-order valence-electron chi connectivity index (χ2n) is 7.30. The fourth-order valence-corrected chi connectivity index (χ4v) is 4.75. The Kier molecular flexibility index (Phi) is 10.4. The van der Waals surface area contributed by atoms with E-state index in [0.717, 1.165) is 17.7 Å². The summed E-state index contributed by atoms with van der Waals surface area (Å²) in [7, 11) is 0. The minimum absolute atomic E-state index is 0.107. The molecule has 0 aromatic heterocycles. The van der Waals surface area contributed by atoms with Crippen molar-refractivity contribution in [3.8, 4) is 0 Å². The molecule has 0 aliphatic carbocycles. The summed E-state index contributed by atoms with van der Waals surface area (Å²) >= 11 is 2.07. The molecule has 2 aromatic rings. The van der Waals surface area contributed by atoms with Gasteiger partial charge in [-0.15, -0.1) is 0 Å². The molecular weight excluding hydrogens is 382 g/mol. The maximum Gasteiger partial charge on any atom is 0.193 e. The highest BCUT2D eigenvalue weighted by Crippen LogP contribution is 2.24. The average molecular weight is 416 g/mol. The zero-order valence-electron chi connectivity index (χ0n) is 17.5. The molecule has 4 nitrogen and oxygen atoms in total. The lowest BCUT2D eigenvalue weighted by Gasteiger charge is -2.36. The molecule has 2 atom stereocenters. The zero-order valence-corrected chi connectivity index (χ0v) is 18.3. The van der Waals surface area contributed by atoms with Gasteiger partial charge in [-0.1, -0.05) is 62.4 Å². The van der Waals surface area contributed by atoms with Crippen molar-refractivity contribution in [1.29, 1.82) is 0 Å². The summed E-state index contributed by atoms with van der Waals surface area (Å²) in [4.78, 5) is 15.3. The standard InChI is InChI=1S/C22H27NOS.C2H6O2/c1-3-21-16-25-13-12-23(21)15-17(2)19-10-7-11-20(14-19)22(24)18-8-5-4-6-9-18;3-1-2-4/h4-11,14,17,21H,3,12-13,15-16H2,1-2H3;3-4H,1-2H2. The van der Waals surface area contributed by atoms with E-state index in [1.54, 1.807) is 0 Å². The summed E-state index contributed by atoms with van der Waals surface area (Å²) in [6, 6.07) is 18.4. The van der Waals surface area contributed by atoms with Gasteiger partial charge in [0, 0.05) is 41.8 Å². The van der Waals surface area contributed by atoms with Gasteiger partial charge in [-0.3, -0.25) is 9.69 Å². The fourth-order valence-electron chi connectivity index (χ4n) is 3.51. The Bertz CT molecular complexity index is 736. The number of aliphatic hydroxyl groups excluding tert-OH is 2. The fraction of sp³-hybridized carbons (Fsp3) is 0.458. The van der Waals surface area contributed by atoms with E-state index >= 15 is 0 Å². The quantitative estimate of drug-likeness (QED) is 0.673. The summed E-state index contributed by atoms with van der Waals surface area (Å²) < 4.78 is 0. The van der Waals surface area contributed by atoms with Crippen LogP contribution in [0.5, 0.6) is 0 Å². The third-order valence-corrected chi connectivity index (χ3v) is 6.27. The number of carbonyl (C=O) groups excluding carboxylic acids is 1. The summed E-state index contributed by atoms with van der Waals surface area (Å²) in [6.45, 7) is 6.56. The van der Waals surface area contributed by atoms with E-state index in [9.17, 15) is 4.79 Å². The van der Waals surface area contributed by atoms with Crippen molar-refractivity contribution in [2.24, 2.45) is 0 Å². The highest BCUT2D eigenvalue weighted by Gasteiger charge is 2.23. The largest absolute Gasteiger partial charge is 0.394 e. The lowest BCUT2D eigenvalue weighted by molar-refractivity contribution is 0.103. The highest BCUT2D eigenvalue weighted by atomic mass is 32.2. The van der Waals surface area contributed by atoms with Crippen LogP contribution in [0.3, 0.4) is 0 Å². The molecule has 1 aliphatic heterocycles. The molecule has 1 aliphatic rings. The van der Waals surface area contributed by atoms with E-state index in [1.165, 1.54) is 30.0 Å². The van der Waals surface area contributed by atoms with E-state index < -0.39 is 0 Å². The smallest absolute Gasteiger partial charge is 0.193 e. The monoisotopic (exact) mass is 415 g/mol. The van der Waals surface area contributed by atoms with Gasteiger partial charge in [0.2, 0.25) is 0 Å². The topological polar surface area (TPSA) is 60.8 Å². The van der Waals surface area contributed by atoms with Gasteiger partial charge in [0.05, 0.1) is 13.2 Å². The van der Waals surface area contributed by atoms with Gasteiger partial charge in [0.1, 0.15) is 0 Å². The van der Waals surface area contributed by atoms with Crippen LogP contribution in [0.2, 0.25) is 0 Å². The van der Waals surface area contributed by atoms with Crippen molar-refractivity contribution >= 4 is 17.5 Å². The molecule has 0 radical (unpaired) electrons. The van der Waals surface area contributed by atoms with E-state index in [1.807, 2.05) is 42.5 Å². The molecule has 1 saturated heterocycles. The predicted octanol–water partition coefficient (Wildman–Crippen LogP) is 3.82. The second-order valence-corrected chi connectivity index (χ2v) is 8.45. The Morgan fingerprint density at radius 3 is 2.45 bits per heavy atom. The number of benzene rings is 2. The molecule has 2 N–H and O–H groups in total. The van der Waals surface area contributed by atoms with Crippen LogP contribution in [0.1, 0.15) is 47.7 Å². The summed E-state index contributed by atoms with van der Waals surface area (Å²) in [5.41, 5.74) is 2.80. The van der Waals surface area contributed by atoms with Crippen LogP contribution in [-0.2, 0) is 0 Å². The van der Waals surface area contributed by atoms with Gasteiger partial charge in [0.25, 0.3) is 0 Å². The van der Waals surface area contributed by atoms with Gasteiger partial charge in [-0.2, -0.15) is 11.8 Å². The minimum Gasteiger partial charge on any atom is -0.394 e. The molecular formula is C24H33NO3S. The first-order valence-corrected chi connectivity index (χ1v) is 11.5. The van der Waals surface area contributed by atoms with Crippen LogP contribution in [0.25, 0.3) is 0 Å². The first-order chi connectivity index (χ1) is 14.1. The van der Waals surface area contributed by atoms with Crippen molar-refractivity contribution in [2.45, 2.75) is 32.2 Å². The Morgan fingerprint density at radius 1 is 1.10 bits per heavy atom. The number of rotatable bonds is 7. The van der Waals surface area contributed by atoms with Crippen LogP contribution >= 0.6 is 11.8 Å². The number of hydrogen-bond donors (Lipinski definition) is 2. The van der Waals surface area contributed by atoms with Gasteiger partial charge in [-0.25, -0.2) is 0 Å². The predicted molar refractivity (Wildman–Crippen MR) is 122 cm³/mol. The molecule has 3 rings (SSSR count). The van der Waals surface area contributed by atoms with Crippen molar-refractivity contribution in [3.63, 3.8) is 0 Å². The van der Waals surface area contributed by atoms with Crippen LogP contribution in [0, 0.1) is 0 Å². The molecule has 0 saturated carbocycles. The first kappa shape index (κ1) is 23.6. The third-order valence-electron chi connectivity index (χ3n) is 5.18. The molecule has 1 fully saturated rings.